The van der Waals surface area contributed by atoms with Gasteiger partial charge in [0.2, 0.25) is 5.91 Å². The minimum absolute atomic E-state index is 0.375. The van der Waals surface area contributed by atoms with Crippen molar-refractivity contribution in [2.24, 2.45) is 0 Å². The second kappa shape index (κ2) is 2.77. The molecule has 1 aromatic rings. The maximum absolute atomic E-state index is 11.9. The molecule has 1 rings (SSSR count). The summed E-state index contributed by atoms with van der Waals surface area (Å²) >= 11 is 0. The van der Waals surface area contributed by atoms with Gasteiger partial charge < -0.3 is 0 Å². The summed E-state index contributed by atoms with van der Waals surface area (Å²) in [5, 5.41) is 3.33. The highest BCUT2D eigenvalue weighted by atomic mass is 19.3. The van der Waals surface area contributed by atoms with Crippen LogP contribution >= 0.6 is 0 Å². The van der Waals surface area contributed by atoms with Gasteiger partial charge in [-0.1, -0.05) is 0 Å². The molecule has 0 saturated carbocycles. The van der Waals surface area contributed by atoms with Crippen molar-refractivity contribution in [2.45, 2.75) is 13.3 Å². The van der Waals surface area contributed by atoms with Crippen LogP contribution in [0.15, 0.2) is 12.3 Å². The molecule has 0 aliphatic carbocycles. The zero-order chi connectivity index (χ0) is 8.43. The summed E-state index contributed by atoms with van der Waals surface area (Å²) in [6, 6.07) is 1.12. The zero-order valence-electron chi connectivity index (χ0n) is 5.79. The van der Waals surface area contributed by atoms with Crippen molar-refractivity contribution in [3.05, 3.63) is 18.0 Å². The van der Waals surface area contributed by atoms with Crippen molar-refractivity contribution < 1.29 is 13.6 Å². The van der Waals surface area contributed by atoms with Gasteiger partial charge >= 0.3 is 0 Å². The number of carbonyl (C=O) groups is 1. The van der Waals surface area contributed by atoms with E-state index in [1.165, 1.54) is 13.1 Å². The summed E-state index contributed by atoms with van der Waals surface area (Å²) in [5.74, 6) is -0.378. The molecule has 0 radical (unpaired) electrons. The van der Waals surface area contributed by atoms with Gasteiger partial charge in [-0.25, -0.2) is 13.5 Å². The van der Waals surface area contributed by atoms with Crippen LogP contribution in [0.5, 0.6) is 0 Å². The van der Waals surface area contributed by atoms with Crippen LogP contribution in [-0.4, -0.2) is 15.7 Å². The molecule has 0 aromatic carbocycles. The van der Waals surface area contributed by atoms with E-state index in [1.807, 2.05) is 0 Å². The van der Waals surface area contributed by atoms with Gasteiger partial charge in [-0.15, -0.1) is 0 Å². The van der Waals surface area contributed by atoms with Crippen LogP contribution in [0.1, 0.15) is 23.8 Å². The van der Waals surface area contributed by atoms with Crippen LogP contribution in [0.4, 0.5) is 8.78 Å². The molecule has 0 unspecified atom stereocenters. The highest BCUT2D eigenvalue weighted by Crippen LogP contribution is 2.14. The first kappa shape index (κ1) is 7.84. The monoisotopic (exact) mass is 160 g/mol. The van der Waals surface area contributed by atoms with Crippen molar-refractivity contribution in [1.29, 1.82) is 0 Å². The van der Waals surface area contributed by atoms with Gasteiger partial charge in [0.05, 0.1) is 0 Å². The van der Waals surface area contributed by atoms with Crippen LogP contribution < -0.4 is 0 Å². The number of nitrogens with zero attached hydrogens (tertiary/aromatic N) is 2. The summed E-state index contributed by atoms with van der Waals surface area (Å²) < 4.78 is 24.6. The Morgan fingerprint density at radius 1 is 1.73 bits per heavy atom. The lowest BCUT2D eigenvalue weighted by molar-refractivity contribution is 0.0916. The summed E-state index contributed by atoms with van der Waals surface area (Å²) in [6.45, 7) is 1.25. The fourth-order valence-electron chi connectivity index (χ4n) is 0.630. The SMILES string of the molecule is CC(=O)n1ccc(C(F)F)n1. The lowest BCUT2D eigenvalue weighted by Crippen LogP contribution is -2.06. The number of alkyl halides is 2. The summed E-state index contributed by atoms with van der Waals surface area (Å²) in [7, 11) is 0. The molecule has 0 atom stereocenters. The first-order valence-corrected chi connectivity index (χ1v) is 2.96. The van der Waals surface area contributed by atoms with Crippen LogP contribution in [0.2, 0.25) is 0 Å². The molecule has 0 fully saturated rings. The summed E-state index contributed by atoms with van der Waals surface area (Å²) in [5.41, 5.74) is -0.375. The third-order valence-corrected chi connectivity index (χ3v) is 1.16. The van der Waals surface area contributed by atoms with E-state index in [9.17, 15) is 13.6 Å². The molecule has 0 aliphatic heterocycles. The lowest BCUT2D eigenvalue weighted by Gasteiger charge is -1.91. The normalized spacial score (nSPS) is 10.5. The average molecular weight is 160 g/mol. The van der Waals surface area contributed by atoms with E-state index in [-0.39, 0.29) is 11.6 Å². The minimum Gasteiger partial charge on any atom is -0.273 e. The first-order chi connectivity index (χ1) is 5.11. The zero-order valence-corrected chi connectivity index (χ0v) is 5.79. The third-order valence-electron chi connectivity index (χ3n) is 1.16. The topological polar surface area (TPSA) is 34.9 Å². The Bertz CT molecular complexity index is 269. The molecule has 11 heavy (non-hydrogen) atoms. The second-order valence-corrected chi connectivity index (χ2v) is 2.00. The Hall–Kier alpha value is -1.26. The molecule has 0 saturated heterocycles. The molecule has 0 N–H and O–H groups in total. The summed E-state index contributed by atoms with van der Waals surface area (Å²) in [6.07, 6.45) is -1.40. The number of halogens is 2. The summed E-state index contributed by atoms with van der Waals surface area (Å²) in [4.78, 5) is 10.5. The maximum atomic E-state index is 11.9. The fourth-order valence-corrected chi connectivity index (χ4v) is 0.630. The highest BCUT2D eigenvalue weighted by molar-refractivity contribution is 5.74. The molecule has 1 aromatic heterocycles. The van der Waals surface area contributed by atoms with E-state index in [0.29, 0.717) is 0 Å². The van der Waals surface area contributed by atoms with Crippen molar-refractivity contribution in [1.82, 2.24) is 9.78 Å². The third kappa shape index (κ3) is 1.60. The number of hydrogen-bond acceptors (Lipinski definition) is 2. The van der Waals surface area contributed by atoms with Crippen LogP contribution in [0.25, 0.3) is 0 Å². The van der Waals surface area contributed by atoms with Gasteiger partial charge in [-0.2, -0.15) is 5.10 Å². The van der Waals surface area contributed by atoms with Crippen molar-refractivity contribution >= 4 is 5.91 Å². The Morgan fingerprint density at radius 3 is 2.64 bits per heavy atom. The van der Waals surface area contributed by atoms with Crippen molar-refractivity contribution in [2.75, 3.05) is 0 Å². The highest BCUT2D eigenvalue weighted by Gasteiger charge is 2.11. The Morgan fingerprint density at radius 2 is 2.36 bits per heavy atom. The number of carbonyl (C=O) groups excluding carboxylic acids is 1. The quantitative estimate of drug-likeness (QED) is 0.623. The molecule has 3 nitrogen and oxygen atoms in total. The van der Waals surface area contributed by atoms with E-state index in [4.69, 9.17) is 0 Å². The molecule has 60 valence electrons. The first-order valence-electron chi connectivity index (χ1n) is 2.96. The molecule has 0 amide bonds. The average Bonchev–Trinajstić information content (AvgIpc) is 2.33. The van der Waals surface area contributed by atoms with Crippen molar-refractivity contribution in [3.63, 3.8) is 0 Å². The van der Waals surface area contributed by atoms with Gasteiger partial charge in [-0.3, -0.25) is 4.79 Å². The Labute approximate surface area is 61.6 Å². The Kier molecular flexibility index (Phi) is 1.98. The van der Waals surface area contributed by atoms with Gasteiger partial charge in [0.15, 0.2) is 0 Å². The van der Waals surface area contributed by atoms with Crippen LogP contribution in [-0.2, 0) is 0 Å². The Balaban J connectivity index is 2.90. The number of rotatable bonds is 1. The van der Waals surface area contributed by atoms with E-state index in [0.717, 1.165) is 10.7 Å². The molecule has 0 spiro atoms. The lowest BCUT2D eigenvalue weighted by atomic mass is 10.5. The smallest absolute Gasteiger partial charge is 0.273 e. The van der Waals surface area contributed by atoms with Crippen LogP contribution in [0, 0.1) is 0 Å². The van der Waals surface area contributed by atoms with Gasteiger partial charge in [0.25, 0.3) is 6.43 Å². The second-order valence-electron chi connectivity index (χ2n) is 2.00. The van der Waals surface area contributed by atoms with Gasteiger partial charge in [0.1, 0.15) is 5.69 Å². The van der Waals surface area contributed by atoms with Gasteiger partial charge in [-0.05, 0) is 6.07 Å². The molecular formula is C6H6F2N2O. The van der Waals surface area contributed by atoms with E-state index in [2.05, 4.69) is 5.10 Å². The van der Waals surface area contributed by atoms with Gasteiger partial charge in [0, 0.05) is 13.1 Å². The van der Waals surface area contributed by atoms with E-state index >= 15 is 0 Å². The molecule has 0 aliphatic rings. The largest absolute Gasteiger partial charge is 0.282 e. The molecular weight excluding hydrogens is 154 g/mol. The fraction of sp³-hybridized carbons (Fsp3) is 0.333. The standard InChI is InChI=1S/C6H6F2N2O/c1-4(11)10-3-2-5(9-10)6(7)8/h2-3,6H,1H3. The molecule has 1 heterocycles. The van der Waals surface area contributed by atoms with E-state index < -0.39 is 6.43 Å². The van der Waals surface area contributed by atoms with E-state index in [1.54, 1.807) is 0 Å². The van der Waals surface area contributed by atoms with Crippen molar-refractivity contribution in [3.8, 4) is 0 Å². The van der Waals surface area contributed by atoms with Crippen LogP contribution in [0.3, 0.4) is 0 Å². The minimum atomic E-state index is -2.62. The number of hydrogen-bond donors (Lipinski definition) is 0. The number of aromatic nitrogens is 2. The molecule has 5 heteroatoms. The predicted molar refractivity (Wildman–Crippen MR) is 33.5 cm³/mol. The predicted octanol–water partition coefficient (Wildman–Crippen LogP) is 1.48. The molecule has 0 bridgehead atoms. The maximum Gasteiger partial charge on any atom is 0.282 e.